The van der Waals surface area contributed by atoms with E-state index in [0.29, 0.717) is 27.8 Å². The monoisotopic (exact) mass is 579 g/mol. The number of anilines is 2. The van der Waals surface area contributed by atoms with Crippen LogP contribution in [0.3, 0.4) is 0 Å². The molecule has 8 nitrogen and oxygen atoms in total. The Hall–Kier alpha value is -4.39. The molecular formula is C33H30ClN5O3. The summed E-state index contributed by atoms with van der Waals surface area (Å²) in [6.07, 6.45) is 1.58. The zero-order valence-corrected chi connectivity index (χ0v) is 23.7. The summed E-state index contributed by atoms with van der Waals surface area (Å²) in [5.74, 6) is 2.92. The summed E-state index contributed by atoms with van der Waals surface area (Å²) in [6, 6.07) is 27.1. The minimum absolute atomic E-state index is 0.198. The van der Waals surface area contributed by atoms with Gasteiger partial charge in [-0.05, 0) is 54.6 Å². The number of nitriles is 1. The van der Waals surface area contributed by atoms with Crippen LogP contribution in [0.5, 0.6) is 11.5 Å². The van der Waals surface area contributed by atoms with Gasteiger partial charge in [0.2, 0.25) is 0 Å². The first-order valence-corrected chi connectivity index (χ1v) is 14.2. The Morgan fingerprint density at radius 2 is 1.79 bits per heavy atom. The Bertz CT molecular complexity index is 1730. The van der Waals surface area contributed by atoms with E-state index < -0.39 is 0 Å². The van der Waals surface area contributed by atoms with E-state index in [2.05, 4.69) is 26.2 Å². The van der Waals surface area contributed by atoms with Gasteiger partial charge in [-0.1, -0.05) is 35.9 Å². The van der Waals surface area contributed by atoms with Crippen LogP contribution >= 0.6 is 11.6 Å². The molecule has 0 saturated carbocycles. The minimum atomic E-state index is 0.198. The molecule has 0 amide bonds. The van der Waals surface area contributed by atoms with Crippen molar-refractivity contribution in [3.05, 3.63) is 101 Å². The van der Waals surface area contributed by atoms with Gasteiger partial charge >= 0.3 is 0 Å². The van der Waals surface area contributed by atoms with Gasteiger partial charge in [0.15, 0.2) is 0 Å². The fourth-order valence-electron chi connectivity index (χ4n) is 5.14. The van der Waals surface area contributed by atoms with Gasteiger partial charge in [-0.3, -0.25) is 14.8 Å². The number of hydrogen-bond acceptors (Lipinski definition) is 8. The van der Waals surface area contributed by atoms with Crippen molar-refractivity contribution in [2.24, 2.45) is 0 Å². The zero-order chi connectivity index (χ0) is 28.9. The maximum Gasteiger partial charge on any atom is 0.146 e. The highest BCUT2D eigenvalue weighted by Gasteiger charge is 2.18. The van der Waals surface area contributed by atoms with Crippen molar-refractivity contribution in [2.75, 3.05) is 44.6 Å². The number of nitrogens with one attached hydrogen (secondary N) is 1. The SMILES string of the molecule is N#Cc1cnc2cc(-c3ccc(CN4CCN(CCO)CC4)o3)ccc2c1Nc1ccc(Oc2ccccc2)c(Cl)c1. The van der Waals surface area contributed by atoms with Crippen molar-refractivity contribution < 1.29 is 14.3 Å². The van der Waals surface area contributed by atoms with Crippen molar-refractivity contribution in [3.63, 3.8) is 0 Å². The predicted octanol–water partition coefficient (Wildman–Crippen LogP) is 6.67. The van der Waals surface area contributed by atoms with Gasteiger partial charge in [-0.2, -0.15) is 5.26 Å². The molecule has 42 heavy (non-hydrogen) atoms. The summed E-state index contributed by atoms with van der Waals surface area (Å²) in [5, 5.41) is 23.6. The molecule has 0 spiro atoms. The number of ether oxygens (including phenoxy) is 1. The maximum absolute atomic E-state index is 9.82. The molecule has 1 saturated heterocycles. The average Bonchev–Trinajstić information content (AvgIpc) is 3.48. The van der Waals surface area contributed by atoms with E-state index in [-0.39, 0.29) is 6.61 Å². The van der Waals surface area contributed by atoms with E-state index in [1.165, 1.54) is 0 Å². The normalized spacial score (nSPS) is 14.1. The van der Waals surface area contributed by atoms with Crippen LogP contribution in [0.1, 0.15) is 11.3 Å². The first-order chi connectivity index (χ1) is 20.6. The van der Waals surface area contributed by atoms with Gasteiger partial charge in [-0.15, -0.1) is 0 Å². The summed E-state index contributed by atoms with van der Waals surface area (Å²) in [6.45, 7) is 5.46. The number of aromatic nitrogens is 1. The third-order valence-electron chi connectivity index (χ3n) is 7.37. The van der Waals surface area contributed by atoms with E-state index in [1.807, 2.05) is 66.7 Å². The molecule has 1 aliphatic rings. The van der Waals surface area contributed by atoms with Crippen LogP contribution in [0.4, 0.5) is 11.4 Å². The Kier molecular flexibility index (Phi) is 8.35. The molecule has 0 atom stereocenters. The number of para-hydroxylation sites is 1. The summed E-state index contributed by atoms with van der Waals surface area (Å²) in [4.78, 5) is 9.20. The number of halogens is 1. The van der Waals surface area contributed by atoms with Crippen LogP contribution in [-0.4, -0.2) is 59.2 Å². The standard InChI is InChI=1S/C33H30ClN5O3/c34-29-19-25(7-10-32(29)41-26-4-2-1-3-5-26)37-33-24(20-35)21-36-30-18-23(6-9-28(30)33)31-11-8-27(42-31)22-39-14-12-38(13-15-39)16-17-40/h1-11,18-19,21,40H,12-17,22H2,(H,36,37). The van der Waals surface area contributed by atoms with Crippen LogP contribution in [0, 0.1) is 11.3 Å². The second-order valence-corrected chi connectivity index (χ2v) is 10.6. The Balaban J connectivity index is 1.20. The van der Waals surface area contributed by atoms with Gasteiger partial charge in [0, 0.05) is 55.6 Å². The number of β-amino-alcohol motifs (C(OH)–C–C–N with tert-alkyl or cyclic N) is 1. The average molecular weight is 580 g/mol. The fraction of sp³-hybridized carbons (Fsp3) is 0.212. The Morgan fingerprint density at radius 3 is 2.55 bits per heavy atom. The maximum atomic E-state index is 9.82. The quantitative estimate of drug-likeness (QED) is 0.200. The smallest absolute Gasteiger partial charge is 0.146 e. The first-order valence-electron chi connectivity index (χ1n) is 13.9. The molecule has 0 aliphatic carbocycles. The highest BCUT2D eigenvalue weighted by Crippen LogP contribution is 2.36. The molecule has 5 aromatic rings. The van der Waals surface area contributed by atoms with Crippen LogP contribution in [0.25, 0.3) is 22.2 Å². The molecule has 6 rings (SSSR count). The number of pyridine rings is 1. The second-order valence-electron chi connectivity index (χ2n) is 10.2. The number of aliphatic hydroxyl groups is 1. The Morgan fingerprint density at radius 1 is 0.976 bits per heavy atom. The van der Waals surface area contributed by atoms with Gasteiger partial charge in [0.25, 0.3) is 0 Å². The molecule has 0 bridgehead atoms. The van der Waals surface area contributed by atoms with Gasteiger partial charge in [-0.25, -0.2) is 0 Å². The Labute approximate surface area is 249 Å². The lowest BCUT2D eigenvalue weighted by Crippen LogP contribution is -2.46. The number of furan rings is 1. The highest BCUT2D eigenvalue weighted by atomic mass is 35.5. The molecule has 1 aliphatic heterocycles. The lowest BCUT2D eigenvalue weighted by Gasteiger charge is -2.33. The molecule has 2 N–H and O–H groups in total. The van der Waals surface area contributed by atoms with Gasteiger partial charge in [0.05, 0.1) is 34.9 Å². The number of piperazine rings is 1. The fourth-order valence-corrected chi connectivity index (χ4v) is 5.36. The zero-order valence-electron chi connectivity index (χ0n) is 23.0. The first kappa shape index (κ1) is 27.8. The van der Waals surface area contributed by atoms with Crippen molar-refractivity contribution in [1.82, 2.24) is 14.8 Å². The summed E-state index contributed by atoms with van der Waals surface area (Å²) in [5.41, 5.74) is 3.45. The third-order valence-corrected chi connectivity index (χ3v) is 7.66. The van der Waals surface area contributed by atoms with Gasteiger partial charge < -0.3 is 19.6 Å². The highest BCUT2D eigenvalue weighted by molar-refractivity contribution is 6.32. The van der Waals surface area contributed by atoms with Crippen molar-refractivity contribution in [1.29, 1.82) is 5.26 Å². The van der Waals surface area contributed by atoms with Crippen LogP contribution in [0.15, 0.2) is 89.5 Å². The topological polar surface area (TPSA) is 97.8 Å². The molecule has 0 radical (unpaired) electrons. The molecule has 3 aromatic carbocycles. The molecule has 0 unspecified atom stereocenters. The molecule has 1 fully saturated rings. The van der Waals surface area contributed by atoms with Crippen LogP contribution in [-0.2, 0) is 6.54 Å². The molecular weight excluding hydrogens is 550 g/mol. The van der Waals surface area contributed by atoms with Crippen molar-refractivity contribution in [3.8, 4) is 28.9 Å². The number of nitrogens with zero attached hydrogens (tertiary/aromatic N) is 4. The van der Waals surface area contributed by atoms with E-state index in [4.69, 9.17) is 25.9 Å². The third kappa shape index (κ3) is 6.25. The van der Waals surface area contributed by atoms with E-state index in [0.717, 1.165) is 72.9 Å². The van der Waals surface area contributed by atoms with Crippen molar-refractivity contribution >= 4 is 33.9 Å². The molecule has 3 heterocycles. The number of fused-ring (bicyclic) bond motifs is 1. The van der Waals surface area contributed by atoms with Crippen LogP contribution in [0.2, 0.25) is 5.02 Å². The molecule has 2 aromatic heterocycles. The van der Waals surface area contributed by atoms with Crippen LogP contribution < -0.4 is 10.1 Å². The summed E-state index contributed by atoms with van der Waals surface area (Å²) < 4.78 is 12.1. The lowest BCUT2D eigenvalue weighted by molar-refractivity contribution is 0.104. The largest absolute Gasteiger partial charge is 0.460 e. The van der Waals surface area contributed by atoms with E-state index in [9.17, 15) is 5.26 Å². The number of benzene rings is 3. The molecule has 9 heteroatoms. The minimum Gasteiger partial charge on any atom is -0.460 e. The van der Waals surface area contributed by atoms with Crippen molar-refractivity contribution in [2.45, 2.75) is 6.54 Å². The second kappa shape index (κ2) is 12.6. The van der Waals surface area contributed by atoms with Gasteiger partial charge in [0.1, 0.15) is 29.1 Å². The number of rotatable bonds is 9. The number of hydrogen-bond donors (Lipinski definition) is 2. The van der Waals surface area contributed by atoms with E-state index >= 15 is 0 Å². The summed E-state index contributed by atoms with van der Waals surface area (Å²) >= 11 is 6.54. The number of aliphatic hydroxyl groups excluding tert-OH is 1. The summed E-state index contributed by atoms with van der Waals surface area (Å²) in [7, 11) is 0. The molecule has 212 valence electrons. The lowest BCUT2D eigenvalue weighted by atomic mass is 10.1. The van der Waals surface area contributed by atoms with E-state index in [1.54, 1.807) is 18.3 Å². The predicted molar refractivity (Wildman–Crippen MR) is 164 cm³/mol.